The molecule has 0 unspecified atom stereocenters. The molecule has 6 aromatic rings. The van der Waals surface area contributed by atoms with E-state index in [1.807, 2.05) is 84.9 Å². The first-order valence-electron chi connectivity index (χ1n) is 16.8. The molecule has 0 atom stereocenters. The molecule has 248 valence electrons. The van der Waals surface area contributed by atoms with E-state index in [1.165, 1.54) is 5.56 Å². The normalized spacial score (nSPS) is 12.0. The summed E-state index contributed by atoms with van der Waals surface area (Å²) in [5.41, 5.74) is 12.7. The Labute approximate surface area is 298 Å². The van der Waals surface area contributed by atoms with Crippen LogP contribution < -0.4 is 16.0 Å². The maximum Gasteiger partial charge on any atom is 0.196 e. The fraction of sp³-hybridized carbons (Fsp3) is 0.136. The van der Waals surface area contributed by atoms with Crippen LogP contribution in [0.1, 0.15) is 65.2 Å². The largest absolute Gasteiger partial charge is 0.355 e. The molecule has 7 rings (SSSR count). The Balaban J connectivity index is 1.42. The summed E-state index contributed by atoms with van der Waals surface area (Å²) < 4.78 is 0. The van der Waals surface area contributed by atoms with Crippen LogP contribution >= 0.6 is 11.8 Å². The zero-order valence-corrected chi connectivity index (χ0v) is 29.9. The van der Waals surface area contributed by atoms with Crippen LogP contribution in [-0.4, -0.2) is 11.6 Å². The fourth-order valence-electron chi connectivity index (χ4n) is 7.04. The molecule has 0 fully saturated rings. The van der Waals surface area contributed by atoms with Gasteiger partial charge in [0.15, 0.2) is 11.6 Å². The molecule has 0 heterocycles. The Bertz CT molecular complexity index is 2100. The number of carbonyl (C=O) groups excluding carboxylic acids is 2. The van der Waals surface area contributed by atoms with E-state index in [-0.39, 0.29) is 11.6 Å². The van der Waals surface area contributed by atoms with Gasteiger partial charge < -0.3 is 16.0 Å². The van der Waals surface area contributed by atoms with Crippen molar-refractivity contribution in [2.24, 2.45) is 0 Å². The van der Waals surface area contributed by atoms with Gasteiger partial charge in [0.1, 0.15) is 0 Å². The van der Waals surface area contributed by atoms with Crippen molar-refractivity contribution >= 4 is 57.5 Å². The highest BCUT2D eigenvalue weighted by atomic mass is 32.2. The second-order valence-electron chi connectivity index (χ2n) is 13.2. The summed E-state index contributed by atoms with van der Waals surface area (Å²) in [6, 6.07) is 36.0. The monoisotopic (exact) mass is 673 g/mol. The summed E-state index contributed by atoms with van der Waals surface area (Å²) in [5, 5.41) is 10.7. The molecule has 3 N–H and O–H groups in total. The molecule has 5 nitrogen and oxygen atoms in total. The summed E-state index contributed by atoms with van der Waals surface area (Å²) in [5.74, 6) is -0.394. The Hall–Kier alpha value is -5.59. The molecule has 0 spiro atoms. The second kappa shape index (κ2) is 13.4. The molecule has 6 heteroatoms. The third-order valence-corrected chi connectivity index (χ3v) is 10.1. The summed E-state index contributed by atoms with van der Waals surface area (Å²) >= 11 is 1.57. The Kier molecular flexibility index (Phi) is 8.81. The molecule has 50 heavy (non-hydrogen) atoms. The van der Waals surface area contributed by atoms with Gasteiger partial charge in [-0.05, 0) is 112 Å². The molecule has 6 aromatic carbocycles. The van der Waals surface area contributed by atoms with Crippen molar-refractivity contribution in [1.82, 2.24) is 0 Å². The fourth-order valence-corrected chi connectivity index (χ4v) is 7.96. The number of anilines is 6. The van der Waals surface area contributed by atoms with Crippen LogP contribution in [0.5, 0.6) is 0 Å². The number of nitrogens with one attached hydrogen (secondary N) is 3. The van der Waals surface area contributed by atoms with E-state index in [4.69, 9.17) is 0 Å². The van der Waals surface area contributed by atoms with Crippen LogP contribution in [0.3, 0.4) is 0 Å². The van der Waals surface area contributed by atoms with Crippen LogP contribution in [0.15, 0.2) is 119 Å². The van der Waals surface area contributed by atoms with Gasteiger partial charge in [0.2, 0.25) is 0 Å². The van der Waals surface area contributed by atoms with Crippen molar-refractivity contribution in [3.63, 3.8) is 0 Å². The average Bonchev–Trinajstić information content (AvgIpc) is 3.07. The average molecular weight is 674 g/mol. The molecular formula is C44H39N3O2S. The van der Waals surface area contributed by atoms with Gasteiger partial charge in [0.25, 0.3) is 0 Å². The Morgan fingerprint density at radius 3 is 1.42 bits per heavy atom. The van der Waals surface area contributed by atoms with Crippen molar-refractivity contribution in [2.45, 2.75) is 51.3 Å². The minimum atomic E-state index is -0.201. The van der Waals surface area contributed by atoms with Crippen molar-refractivity contribution < 1.29 is 9.59 Å². The number of rotatable bonds is 8. The molecule has 1 aliphatic rings. The van der Waals surface area contributed by atoms with Crippen molar-refractivity contribution in [2.75, 3.05) is 16.0 Å². The van der Waals surface area contributed by atoms with E-state index in [1.54, 1.807) is 11.8 Å². The minimum absolute atomic E-state index is 0.193. The molecule has 0 saturated carbocycles. The maximum atomic E-state index is 14.9. The Morgan fingerprint density at radius 2 is 0.900 bits per heavy atom. The van der Waals surface area contributed by atoms with Gasteiger partial charge in [-0.15, -0.1) is 0 Å². The quantitative estimate of drug-likeness (QED) is 0.149. The lowest BCUT2D eigenvalue weighted by molar-refractivity contribution is 0.0980. The SMILES string of the molecule is Cc1cc(C)c(Nc2cc(Nc3ccccc3)cc3c2C(=O)c2cc(Sc4ccccc4)cc(Nc4c(C)cc(C)cc4C)c2C3=O)c(C)c1. The smallest absolute Gasteiger partial charge is 0.196 e. The number of hydrogen-bond acceptors (Lipinski definition) is 6. The number of aryl methyl sites for hydroxylation is 6. The third-order valence-electron chi connectivity index (χ3n) is 9.11. The number of fused-ring (bicyclic) bond motifs is 2. The van der Waals surface area contributed by atoms with Crippen LogP contribution in [0.2, 0.25) is 0 Å². The summed E-state index contributed by atoms with van der Waals surface area (Å²) in [6.07, 6.45) is 0. The highest BCUT2D eigenvalue weighted by Crippen LogP contribution is 2.43. The van der Waals surface area contributed by atoms with E-state index in [9.17, 15) is 9.59 Å². The topological polar surface area (TPSA) is 70.2 Å². The van der Waals surface area contributed by atoms with E-state index in [0.29, 0.717) is 39.3 Å². The zero-order valence-electron chi connectivity index (χ0n) is 29.1. The van der Waals surface area contributed by atoms with Crippen LogP contribution in [0, 0.1) is 41.5 Å². The number of para-hydroxylation sites is 1. The molecule has 0 amide bonds. The molecule has 1 aliphatic carbocycles. The van der Waals surface area contributed by atoms with Crippen LogP contribution in [-0.2, 0) is 0 Å². The number of carbonyl (C=O) groups is 2. The second-order valence-corrected chi connectivity index (χ2v) is 14.3. The molecule has 0 aliphatic heterocycles. The van der Waals surface area contributed by atoms with Gasteiger partial charge in [-0.25, -0.2) is 0 Å². The van der Waals surface area contributed by atoms with E-state index < -0.39 is 0 Å². The maximum absolute atomic E-state index is 14.9. The van der Waals surface area contributed by atoms with Gasteiger partial charge in [0, 0.05) is 43.7 Å². The highest BCUT2D eigenvalue weighted by Gasteiger charge is 2.35. The summed E-state index contributed by atoms with van der Waals surface area (Å²) in [4.78, 5) is 31.7. The number of benzene rings is 6. The van der Waals surface area contributed by atoms with Crippen molar-refractivity contribution in [3.8, 4) is 0 Å². The van der Waals surface area contributed by atoms with Crippen molar-refractivity contribution in [1.29, 1.82) is 0 Å². The van der Waals surface area contributed by atoms with E-state index in [2.05, 4.69) is 81.8 Å². The number of hydrogen-bond donors (Lipinski definition) is 3. The molecular weight excluding hydrogens is 635 g/mol. The first-order chi connectivity index (χ1) is 24.0. The lowest BCUT2D eigenvalue weighted by Crippen LogP contribution is -2.24. The van der Waals surface area contributed by atoms with Crippen LogP contribution in [0.4, 0.5) is 34.1 Å². The highest BCUT2D eigenvalue weighted by molar-refractivity contribution is 7.99. The summed E-state index contributed by atoms with van der Waals surface area (Å²) in [6.45, 7) is 12.4. The van der Waals surface area contributed by atoms with Gasteiger partial charge in [-0.3, -0.25) is 9.59 Å². The van der Waals surface area contributed by atoms with Gasteiger partial charge in [-0.1, -0.05) is 83.6 Å². The lowest BCUT2D eigenvalue weighted by Gasteiger charge is -2.26. The molecule has 0 bridgehead atoms. The first kappa shape index (κ1) is 32.9. The van der Waals surface area contributed by atoms with E-state index >= 15 is 0 Å². The Morgan fingerprint density at radius 1 is 0.440 bits per heavy atom. The van der Waals surface area contributed by atoms with Gasteiger partial charge >= 0.3 is 0 Å². The molecule has 0 saturated heterocycles. The van der Waals surface area contributed by atoms with Crippen molar-refractivity contribution in [3.05, 3.63) is 165 Å². The third kappa shape index (κ3) is 6.42. The zero-order chi connectivity index (χ0) is 35.1. The van der Waals surface area contributed by atoms with Crippen LogP contribution in [0.25, 0.3) is 0 Å². The van der Waals surface area contributed by atoms with Gasteiger partial charge in [-0.2, -0.15) is 0 Å². The summed E-state index contributed by atoms with van der Waals surface area (Å²) in [7, 11) is 0. The predicted octanol–water partition coefficient (Wildman–Crippen LogP) is 11.7. The molecule has 0 radical (unpaired) electrons. The van der Waals surface area contributed by atoms with Gasteiger partial charge in [0.05, 0.1) is 22.5 Å². The van der Waals surface area contributed by atoms with E-state index in [0.717, 1.165) is 54.7 Å². The standard InChI is InChI=1S/C44H39N3O2S/c1-25-17-27(3)41(28(4)18-25)46-37-22-32(45-31-13-9-7-10-14-31)21-35-39(37)44(49)36-23-34(50-33-15-11-8-12-16-33)24-38(40(36)43(35)48)47-42-29(5)19-26(2)20-30(42)6/h7-24,45-47H,1-6H3. The first-order valence-corrected chi connectivity index (χ1v) is 17.6. The predicted molar refractivity (Wildman–Crippen MR) is 208 cm³/mol. The lowest BCUT2D eigenvalue weighted by atomic mass is 9.81. The molecule has 0 aromatic heterocycles. The number of ketones is 2. The minimum Gasteiger partial charge on any atom is -0.355 e.